The third-order valence-electron chi connectivity index (χ3n) is 10.3. The van der Waals surface area contributed by atoms with Gasteiger partial charge < -0.3 is 10.2 Å². The molecule has 3 unspecified atom stereocenters. The topological polar surface area (TPSA) is 40.5 Å². The van der Waals surface area contributed by atoms with E-state index >= 15 is 0 Å². The van der Waals surface area contributed by atoms with Crippen LogP contribution in [0, 0.1) is 40.4 Å². The van der Waals surface area contributed by atoms with Gasteiger partial charge in [-0.25, -0.2) is 0 Å². The van der Waals surface area contributed by atoms with Gasteiger partial charge in [0.05, 0.1) is 12.2 Å². The summed E-state index contributed by atoms with van der Waals surface area (Å²) in [6.45, 7) is 11.7. The summed E-state index contributed by atoms with van der Waals surface area (Å²) >= 11 is 0. The molecule has 0 spiro atoms. The fraction of sp³-hybridized carbons (Fsp3) is 0.926. The Morgan fingerprint density at radius 3 is 2.48 bits per heavy atom. The van der Waals surface area contributed by atoms with Crippen LogP contribution in [-0.4, -0.2) is 22.4 Å². The first-order chi connectivity index (χ1) is 13.7. The second kappa shape index (κ2) is 7.97. The number of hydrogen-bond acceptors (Lipinski definition) is 2. The van der Waals surface area contributed by atoms with Gasteiger partial charge in [-0.05, 0) is 92.3 Å². The summed E-state index contributed by atoms with van der Waals surface area (Å²) in [5, 5.41) is 21.6. The number of fused-ring (bicyclic) bond motifs is 4. The Labute approximate surface area is 179 Å². The molecule has 0 aromatic rings. The third kappa shape index (κ3) is 3.55. The van der Waals surface area contributed by atoms with E-state index in [1.807, 2.05) is 0 Å². The van der Waals surface area contributed by atoms with Gasteiger partial charge in [-0.3, -0.25) is 0 Å². The molecule has 166 valence electrons. The van der Waals surface area contributed by atoms with E-state index in [1.165, 1.54) is 51.4 Å². The molecule has 2 fully saturated rings. The number of rotatable bonds is 5. The highest BCUT2D eigenvalue weighted by atomic mass is 16.3. The quantitative estimate of drug-likeness (QED) is 0.515. The summed E-state index contributed by atoms with van der Waals surface area (Å²) in [7, 11) is 0. The van der Waals surface area contributed by atoms with Crippen LogP contribution >= 0.6 is 0 Å². The molecule has 0 saturated heterocycles. The fourth-order valence-electron chi connectivity index (χ4n) is 8.45. The predicted octanol–water partition coefficient (Wildman–Crippen LogP) is 6.50. The zero-order valence-corrected chi connectivity index (χ0v) is 19.7. The Morgan fingerprint density at radius 2 is 1.76 bits per heavy atom. The molecular weight excluding hydrogens is 356 g/mol. The Kier molecular flexibility index (Phi) is 6.01. The molecule has 2 heteroatoms. The normalized spacial score (nSPS) is 44.3. The van der Waals surface area contributed by atoms with Gasteiger partial charge in [-0.1, -0.05) is 58.6 Å². The lowest BCUT2D eigenvalue weighted by Gasteiger charge is -2.54. The van der Waals surface area contributed by atoms with Crippen LogP contribution in [0.25, 0.3) is 0 Å². The molecular formula is C27H46O2. The first-order valence-electron chi connectivity index (χ1n) is 12.8. The van der Waals surface area contributed by atoms with Crippen molar-refractivity contribution in [3.63, 3.8) is 0 Å². The first-order valence-corrected chi connectivity index (χ1v) is 12.8. The van der Waals surface area contributed by atoms with Gasteiger partial charge in [0, 0.05) is 5.92 Å². The summed E-state index contributed by atoms with van der Waals surface area (Å²) in [6, 6.07) is 0. The van der Waals surface area contributed by atoms with Crippen LogP contribution in [0.4, 0.5) is 0 Å². The highest BCUT2D eigenvalue weighted by Crippen LogP contribution is 2.66. The van der Waals surface area contributed by atoms with Crippen molar-refractivity contribution in [2.45, 2.75) is 117 Å². The Bertz CT molecular complexity index is 636. The van der Waals surface area contributed by atoms with Crippen molar-refractivity contribution in [1.29, 1.82) is 0 Å². The molecule has 0 aliphatic heterocycles. The second-order valence-electron chi connectivity index (χ2n) is 12.2. The molecule has 2 nitrogen and oxygen atoms in total. The van der Waals surface area contributed by atoms with Crippen LogP contribution in [0.5, 0.6) is 0 Å². The van der Waals surface area contributed by atoms with Gasteiger partial charge in [0.1, 0.15) is 0 Å². The Morgan fingerprint density at radius 1 is 1.00 bits per heavy atom. The van der Waals surface area contributed by atoms with Gasteiger partial charge in [-0.2, -0.15) is 0 Å². The third-order valence-corrected chi connectivity index (χ3v) is 10.3. The van der Waals surface area contributed by atoms with Crippen molar-refractivity contribution in [2.24, 2.45) is 40.4 Å². The molecule has 4 aliphatic carbocycles. The highest BCUT2D eigenvalue weighted by Gasteiger charge is 2.58. The van der Waals surface area contributed by atoms with Crippen LogP contribution in [0.1, 0.15) is 105 Å². The fourth-order valence-corrected chi connectivity index (χ4v) is 8.45. The summed E-state index contributed by atoms with van der Waals surface area (Å²) < 4.78 is 0. The largest absolute Gasteiger partial charge is 0.393 e. The summed E-state index contributed by atoms with van der Waals surface area (Å²) in [6.07, 6.45) is 13.4. The van der Waals surface area contributed by atoms with Gasteiger partial charge >= 0.3 is 0 Å². The number of aliphatic hydroxyl groups excluding tert-OH is 2. The SMILES string of the molecule is CC(C)C(O)CC[C@@H](C)[C@H]1CC(O)[C@@H]2C3=C(CC[C@]12C)[C@@]1(C)CCCCC1CC3. The Hall–Kier alpha value is -0.340. The molecule has 0 aromatic carbocycles. The molecule has 8 atom stereocenters. The van der Waals surface area contributed by atoms with E-state index in [4.69, 9.17) is 0 Å². The lowest BCUT2D eigenvalue weighted by atomic mass is 9.50. The molecule has 0 amide bonds. The lowest BCUT2D eigenvalue weighted by Crippen LogP contribution is -2.45. The van der Waals surface area contributed by atoms with Crippen LogP contribution in [0.2, 0.25) is 0 Å². The zero-order chi connectivity index (χ0) is 21.0. The minimum Gasteiger partial charge on any atom is -0.393 e. The molecule has 2 saturated carbocycles. The molecule has 0 aromatic heterocycles. The minimum absolute atomic E-state index is 0.156. The van der Waals surface area contributed by atoms with Gasteiger partial charge in [0.15, 0.2) is 0 Å². The summed E-state index contributed by atoms with van der Waals surface area (Å²) in [5.41, 5.74) is 4.17. The molecule has 2 N–H and O–H groups in total. The van der Waals surface area contributed by atoms with E-state index in [1.54, 1.807) is 11.1 Å². The molecule has 29 heavy (non-hydrogen) atoms. The molecule has 4 rings (SSSR count). The van der Waals surface area contributed by atoms with E-state index in [-0.39, 0.29) is 17.6 Å². The van der Waals surface area contributed by atoms with E-state index in [2.05, 4.69) is 34.6 Å². The van der Waals surface area contributed by atoms with Crippen molar-refractivity contribution >= 4 is 0 Å². The molecule has 0 bridgehead atoms. The maximum Gasteiger partial charge on any atom is 0.0613 e. The van der Waals surface area contributed by atoms with E-state index in [9.17, 15) is 10.2 Å². The maximum atomic E-state index is 11.3. The number of hydrogen-bond donors (Lipinski definition) is 2. The summed E-state index contributed by atoms with van der Waals surface area (Å²) in [4.78, 5) is 0. The Balaban J connectivity index is 1.57. The average molecular weight is 403 g/mol. The van der Waals surface area contributed by atoms with Crippen LogP contribution in [0.3, 0.4) is 0 Å². The van der Waals surface area contributed by atoms with Crippen LogP contribution in [0.15, 0.2) is 11.1 Å². The molecule has 0 radical (unpaired) electrons. The van der Waals surface area contributed by atoms with Crippen molar-refractivity contribution < 1.29 is 10.2 Å². The minimum atomic E-state index is -0.186. The smallest absolute Gasteiger partial charge is 0.0613 e. The van der Waals surface area contributed by atoms with Crippen molar-refractivity contribution in [3.05, 3.63) is 11.1 Å². The standard InChI is InChI=1S/C27H46O2/c1-17(2)23(28)12-9-18(3)22-16-24(29)25-20-11-10-19-8-6-7-14-26(19,4)21(20)13-15-27(22,25)5/h17-19,22-25,28-29H,6-16H2,1-5H3/t18-,19?,22-,23?,24?,25+,26+,27-/m1/s1. The van der Waals surface area contributed by atoms with E-state index in [0.29, 0.717) is 29.1 Å². The zero-order valence-electron chi connectivity index (χ0n) is 19.7. The monoisotopic (exact) mass is 402 g/mol. The summed E-state index contributed by atoms with van der Waals surface area (Å²) in [5.74, 6) is 2.80. The molecule has 4 aliphatic rings. The first kappa shape index (κ1) is 21.9. The van der Waals surface area contributed by atoms with Crippen LogP contribution < -0.4 is 0 Å². The number of aliphatic hydroxyl groups is 2. The van der Waals surface area contributed by atoms with Gasteiger partial charge in [-0.15, -0.1) is 0 Å². The van der Waals surface area contributed by atoms with E-state index < -0.39 is 0 Å². The average Bonchev–Trinajstić information content (AvgIpc) is 2.96. The van der Waals surface area contributed by atoms with Gasteiger partial charge in [0.25, 0.3) is 0 Å². The van der Waals surface area contributed by atoms with Crippen molar-refractivity contribution in [3.8, 4) is 0 Å². The second-order valence-corrected chi connectivity index (χ2v) is 12.2. The van der Waals surface area contributed by atoms with E-state index in [0.717, 1.165) is 25.2 Å². The maximum absolute atomic E-state index is 11.3. The van der Waals surface area contributed by atoms with Crippen LogP contribution in [-0.2, 0) is 0 Å². The van der Waals surface area contributed by atoms with Crippen molar-refractivity contribution in [1.82, 2.24) is 0 Å². The highest BCUT2D eigenvalue weighted by molar-refractivity contribution is 5.35. The number of allylic oxidation sites excluding steroid dienone is 1. The molecule has 0 heterocycles. The lowest BCUT2D eigenvalue weighted by molar-refractivity contribution is 0.0405. The van der Waals surface area contributed by atoms with Crippen molar-refractivity contribution in [2.75, 3.05) is 0 Å². The predicted molar refractivity (Wildman–Crippen MR) is 121 cm³/mol. The van der Waals surface area contributed by atoms with Gasteiger partial charge in [0.2, 0.25) is 0 Å².